The number of carboxylic acids is 1. The lowest BCUT2D eigenvalue weighted by atomic mass is 9.80. The summed E-state index contributed by atoms with van der Waals surface area (Å²) in [6.07, 6.45) is 2.45. The second-order valence-corrected chi connectivity index (χ2v) is 8.54. The molecule has 2 N–H and O–H groups in total. The van der Waals surface area contributed by atoms with Gasteiger partial charge in [-0.25, -0.2) is 0 Å². The Kier molecular flexibility index (Phi) is 5.06. The molecule has 1 aromatic carbocycles. The first-order valence-electron chi connectivity index (χ1n) is 9.99. The molecule has 1 aromatic heterocycles. The van der Waals surface area contributed by atoms with Crippen LogP contribution in [0, 0.1) is 5.92 Å². The van der Waals surface area contributed by atoms with Crippen LogP contribution in [0.5, 0.6) is 0 Å². The standard InChI is InChI=1S/C23H22ClNO5/c1-13(22(29)30)12-18(26)19-20(27)17-9-8-16(14-4-6-15(24)7-5-14)25(17)23(21(19)28)10-2-3-11-23/h4-9,13,27H,2-3,10-12H2,1H3,(H,29,30)/t13-/m0/s1. The Morgan fingerprint density at radius 3 is 2.30 bits per heavy atom. The van der Waals surface area contributed by atoms with Crippen molar-refractivity contribution in [3.05, 3.63) is 52.7 Å². The van der Waals surface area contributed by atoms with Crippen LogP contribution in [0.4, 0.5) is 0 Å². The van der Waals surface area contributed by atoms with Crippen molar-refractivity contribution in [3.63, 3.8) is 0 Å². The van der Waals surface area contributed by atoms with Crippen molar-refractivity contribution in [2.24, 2.45) is 5.92 Å². The van der Waals surface area contributed by atoms with E-state index in [-0.39, 0.29) is 17.8 Å². The highest BCUT2D eigenvalue weighted by Gasteiger charge is 2.51. The average Bonchev–Trinajstić information content (AvgIpc) is 3.35. The minimum Gasteiger partial charge on any atom is -0.505 e. The maximum atomic E-state index is 13.6. The Hall–Kier alpha value is -2.86. The van der Waals surface area contributed by atoms with E-state index in [0.29, 0.717) is 23.6 Å². The summed E-state index contributed by atoms with van der Waals surface area (Å²) in [4.78, 5) is 37.7. The fourth-order valence-electron chi connectivity index (χ4n) is 4.64. The molecule has 156 valence electrons. The molecule has 2 aromatic rings. The van der Waals surface area contributed by atoms with E-state index in [1.54, 1.807) is 18.2 Å². The fraction of sp³-hybridized carbons (Fsp3) is 0.348. The molecule has 1 spiro atoms. The van der Waals surface area contributed by atoms with Gasteiger partial charge in [0.05, 0.1) is 11.6 Å². The number of hydrogen-bond donors (Lipinski definition) is 2. The van der Waals surface area contributed by atoms with Gasteiger partial charge in [-0.05, 0) is 42.7 Å². The molecule has 4 rings (SSSR count). The van der Waals surface area contributed by atoms with Gasteiger partial charge in [0.1, 0.15) is 11.1 Å². The Bertz CT molecular complexity index is 1070. The van der Waals surface area contributed by atoms with E-state index in [4.69, 9.17) is 16.7 Å². The largest absolute Gasteiger partial charge is 0.505 e. The van der Waals surface area contributed by atoms with Crippen LogP contribution >= 0.6 is 11.6 Å². The van der Waals surface area contributed by atoms with Gasteiger partial charge in [0.15, 0.2) is 17.3 Å². The van der Waals surface area contributed by atoms with E-state index in [1.165, 1.54) is 6.92 Å². The Labute approximate surface area is 178 Å². The van der Waals surface area contributed by atoms with E-state index in [9.17, 15) is 19.5 Å². The Morgan fingerprint density at radius 2 is 1.70 bits per heavy atom. The number of aliphatic hydroxyl groups is 1. The minimum atomic E-state index is -1.12. The highest BCUT2D eigenvalue weighted by molar-refractivity contribution is 6.30. The summed E-state index contributed by atoms with van der Waals surface area (Å²) in [6, 6.07) is 10.8. The van der Waals surface area contributed by atoms with E-state index in [1.807, 2.05) is 22.8 Å². The molecule has 30 heavy (non-hydrogen) atoms. The number of aromatic nitrogens is 1. The number of allylic oxidation sites excluding steroid dienone is 1. The monoisotopic (exact) mass is 427 g/mol. The second kappa shape index (κ2) is 7.43. The van der Waals surface area contributed by atoms with Crippen molar-refractivity contribution in [2.45, 2.75) is 44.6 Å². The van der Waals surface area contributed by atoms with E-state index >= 15 is 0 Å². The molecule has 6 nitrogen and oxygen atoms in total. The van der Waals surface area contributed by atoms with Gasteiger partial charge in [-0.2, -0.15) is 0 Å². The zero-order valence-corrected chi connectivity index (χ0v) is 17.3. The number of fused-ring (bicyclic) bond motifs is 2. The van der Waals surface area contributed by atoms with Crippen LogP contribution in [0.3, 0.4) is 0 Å². The lowest BCUT2D eigenvalue weighted by molar-refractivity contribution is -0.143. The zero-order valence-electron chi connectivity index (χ0n) is 16.5. The lowest BCUT2D eigenvalue weighted by Crippen LogP contribution is -2.46. The molecular formula is C23H22ClNO5. The van der Waals surface area contributed by atoms with E-state index < -0.39 is 29.0 Å². The van der Waals surface area contributed by atoms with Crippen molar-refractivity contribution in [3.8, 4) is 11.3 Å². The fourth-order valence-corrected chi connectivity index (χ4v) is 4.76. The molecule has 0 bridgehead atoms. The predicted molar refractivity (Wildman–Crippen MR) is 112 cm³/mol. The van der Waals surface area contributed by atoms with Gasteiger partial charge >= 0.3 is 5.97 Å². The van der Waals surface area contributed by atoms with Gasteiger partial charge in [0, 0.05) is 17.1 Å². The average molecular weight is 428 g/mol. The summed E-state index contributed by atoms with van der Waals surface area (Å²) in [5, 5.41) is 20.6. The smallest absolute Gasteiger partial charge is 0.306 e. The molecule has 0 saturated heterocycles. The molecule has 0 amide bonds. The molecule has 1 aliphatic carbocycles. The van der Waals surface area contributed by atoms with Gasteiger partial charge < -0.3 is 14.8 Å². The molecule has 1 fully saturated rings. The van der Waals surface area contributed by atoms with Crippen LogP contribution in [0.25, 0.3) is 17.0 Å². The molecule has 1 atom stereocenters. The molecule has 1 saturated carbocycles. The van der Waals surface area contributed by atoms with Crippen molar-refractivity contribution in [1.29, 1.82) is 0 Å². The molecule has 1 aliphatic heterocycles. The highest BCUT2D eigenvalue weighted by Crippen LogP contribution is 2.48. The van der Waals surface area contributed by atoms with E-state index in [2.05, 4.69) is 0 Å². The van der Waals surface area contributed by atoms with Crippen LogP contribution in [0.15, 0.2) is 42.0 Å². The van der Waals surface area contributed by atoms with Gasteiger partial charge in [0.25, 0.3) is 0 Å². The first kappa shape index (κ1) is 20.4. The normalized spacial score (nSPS) is 18.5. The topological polar surface area (TPSA) is 96.6 Å². The predicted octanol–water partition coefficient (Wildman–Crippen LogP) is 4.61. The van der Waals surface area contributed by atoms with Gasteiger partial charge in [-0.3, -0.25) is 14.4 Å². The number of ketones is 2. The third kappa shape index (κ3) is 3.06. The summed E-state index contributed by atoms with van der Waals surface area (Å²) in [5.41, 5.74) is 0.823. The third-order valence-electron chi connectivity index (χ3n) is 6.20. The lowest BCUT2D eigenvalue weighted by Gasteiger charge is -2.37. The number of rotatable bonds is 5. The summed E-state index contributed by atoms with van der Waals surface area (Å²) in [6.45, 7) is 1.41. The third-order valence-corrected chi connectivity index (χ3v) is 6.45. The van der Waals surface area contributed by atoms with Crippen molar-refractivity contribution in [1.82, 2.24) is 4.57 Å². The number of aliphatic carboxylic acids is 1. The highest BCUT2D eigenvalue weighted by atomic mass is 35.5. The number of hydrogen-bond acceptors (Lipinski definition) is 4. The van der Waals surface area contributed by atoms with Gasteiger partial charge in [-0.15, -0.1) is 0 Å². The summed E-state index contributed by atoms with van der Waals surface area (Å²) in [5.74, 6) is -3.47. The minimum absolute atomic E-state index is 0.266. The van der Waals surface area contributed by atoms with Crippen molar-refractivity contribution in [2.75, 3.05) is 0 Å². The van der Waals surface area contributed by atoms with Crippen LogP contribution < -0.4 is 0 Å². The Balaban J connectivity index is 1.88. The molecule has 2 heterocycles. The molecule has 0 radical (unpaired) electrons. The number of carbonyl (C=O) groups is 3. The number of aliphatic hydroxyl groups excluding tert-OH is 1. The van der Waals surface area contributed by atoms with Crippen molar-refractivity contribution < 1.29 is 24.6 Å². The van der Waals surface area contributed by atoms with E-state index in [0.717, 1.165) is 24.1 Å². The molecule has 2 aliphatic rings. The zero-order chi connectivity index (χ0) is 21.6. The number of Topliss-reactive ketones (excluding diaryl/α,β-unsaturated/α-hetero) is 2. The summed E-state index contributed by atoms with van der Waals surface area (Å²) >= 11 is 6.01. The van der Waals surface area contributed by atoms with Crippen LogP contribution in [0.2, 0.25) is 5.02 Å². The number of carboxylic acid groups (broad SMARTS) is 1. The maximum absolute atomic E-state index is 13.6. The van der Waals surface area contributed by atoms with Gasteiger partial charge in [-0.1, -0.05) is 43.5 Å². The summed E-state index contributed by atoms with van der Waals surface area (Å²) in [7, 11) is 0. The SMILES string of the molecule is C[C@@H](CC(=O)C1=C(O)c2ccc(-c3ccc(Cl)cc3)n2C2(CCCC2)C1=O)C(=O)O. The Morgan fingerprint density at radius 1 is 1.10 bits per heavy atom. The number of benzene rings is 1. The quantitative estimate of drug-likeness (QED) is 0.679. The van der Waals surface area contributed by atoms with Gasteiger partial charge in [0.2, 0.25) is 0 Å². The van der Waals surface area contributed by atoms with Crippen LogP contribution in [0.1, 0.15) is 44.7 Å². The number of halogens is 1. The first-order valence-corrected chi connectivity index (χ1v) is 10.4. The molecule has 7 heteroatoms. The second-order valence-electron chi connectivity index (χ2n) is 8.10. The first-order chi connectivity index (χ1) is 14.3. The molecule has 0 unspecified atom stereocenters. The number of nitrogens with zero attached hydrogens (tertiary/aromatic N) is 1. The van der Waals surface area contributed by atoms with Crippen LogP contribution in [-0.2, 0) is 19.9 Å². The maximum Gasteiger partial charge on any atom is 0.306 e. The summed E-state index contributed by atoms with van der Waals surface area (Å²) < 4.78 is 1.86. The molecular weight excluding hydrogens is 406 g/mol. The number of carbonyl (C=O) groups excluding carboxylic acids is 2. The van der Waals surface area contributed by atoms with Crippen molar-refractivity contribution >= 4 is 34.9 Å². The van der Waals surface area contributed by atoms with Crippen LogP contribution in [-0.4, -0.2) is 32.3 Å².